The quantitative estimate of drug-likeness (QED) is 0.578. The lowest BCUT2D eigenvalue weighted by atomic mass is 10.1. The molecule has 0 saturated carbocycles. The highest BCUT2D eigenvalue weighted by molar-refractivity contribution is 8.27. The Morgan fingerprint density at radius 3 is 2.67 bits per heavy atom. The molecule has 4 rings (SSSR count). The van der Waals surface area contributed by atoms with Gasteiger partial charge in [0.15, 0.2) is 5.84 Å². The maximum atomic E-state index is 12.6. The van der Waals surface area contributed by atoms with Gasteiger partial charge in [0, 0.05) is 5.56 Å². The van der Waals surface area contributed by atoms with Crippen LogP contribution in [-0.2, 0) is 14.9 Å². The van der Waals surface area contributed by atoms with Crippen molar-refractivity contribution in [1.82, 2.24) is 5.01 Å². The first-order valence-corrected chi connectivity index (χ1v) is 11.4. The molecule has 0 bridgehead atoms. The number of carbonyl (C=O) groups is 1. The standard InChI is InChI=1S/C20H16N4O4S2/c1-12-6-3-4-9-15(12)19-23-24-17(21)16(18(25)22-20(24)29-19)11-13-7-5-8-14(10-13)28-30(2,26)27/h3-11,21H,1-2H3/b16-11-,21-17?. The number of hydrazone groups is 1. The van der Waals surface area contributed by atoms with E-state index in [4.69, 9.17) is 9.59 Å². The normalized spacial score (nSPS) is 17.7. The van der Waals surface area contributed by atoms with E-state index in [0.717, 1.165) is 17.4 Å². The Labute approximate surface area is 177 Å². The van der Waals surface area contributed by atoms with Gasteiger partial charge in [-0.25, -0.2) is 0 Å². The number of amides is 1. The molecule has 0 atom stereocenters. The first-order chi connectivity index (χ1) is 14.2. The van der Waals surface area contributed by atoms with E-state index in [1.54, 1.807) is 12.1 Å². The summed E-state index contributed by atoms with van der Waals surface area (Å²) in [4.78, 5) is 16.6. The molecule has 2 aliphatic rings. The number of hydrogen-bond donors (Lipinski definition) is 1. The molecule has 152 valence electrons. The fraction of sp³-hybridized carbons (Fsp3) is 0.100. The number of aryl methyl sites for hydroxylation is 1. The van der Waals surface area contributed by atoms with Gasteiger partial charge in [-0.15, -0.1) is 0 Å². The van der Waals surface area contributed by atoms with Crippen LogP contribution in [0.5, 0.6) is 5.75 Å². The first-order valence-electron chi connectivity index (χ1n) is 8.77. The monoisotopic (exact) mass is 440 g/mol. The number of nitrogens with zero attached hydrogens (tertiary/aromatic N) is 3. The van der Waals surface area contributed by atoms with Crippen molar-refractivity contribution >= 4 is 49.9 Å². The van der Waals surface area contributed by atoms with E-state index in [1.807, 2.05) is 31.2 Å². The van der Waals surface area contributed by atoms with E-state index in [-0.39, 0.29) is 17.2 Å². The molecule has 10 heteroatoms. The zero-order chi connectivity index (χ0) is 21.5. The first kappa shape index (κ1) is 20.0. The molecule has 1 N–H and O–H groups in total. The second-order valence-electron chi connectivity index (χ2n) is 6.60. The summed E-state index contributed by atoms with van der Waals surface area (Å²) in [5.74, 6) is -0.549. The van der Waals surface area contributed by atoms with Crippen molar-refractivity contribution in [3.05, 3.63) is 70.8 Å². The van der Waals surface area contributed by atoms with Gasteiger partial charge in [0.05, 0.1) is 11.8 Å². The van der Waals surface area contributed by atoms with Crippen molar-refractivity contribution in [2.24, 2.45) is 10.1 Å². The van der Waals surface area contributed by atoms with Crippen LogP contribution in [0.1, 0.15) is 16.7 Å². The molecule has 0 radical (unpaired) electrons. The summed E-state index contributed by atoms with van der Waals surface area (Å²) < 4.78 is 27.5. The highest BCUT2D eigenvalue weighted by Crippen LogP contribution is 2.32. The van der Waals surface area contributed by atoms with E-state index >= 15 is 0 Å². The molecule has 2 aliphatic heterocycles. The predicted molar refractivity (Wildman–Crippen MR) is 117 cm³/mol. The van der Waals surface area contributed by atoms with Crippen molar-refractivity contribution in [1.29, 1.82) is 5.41 Å². The number of carbonyl (C=O) groups excluding carboxylic acids is 1. The van der Waals surface area contributed by atoms with Crippen LogP contribution in [0.15, 0.2) is 64.2 Å². The SMILES string of the molecule is Cc1ccccc1C1=NN2C(=N)/C(=C/c3cccc(OS(C)(=O)=O)c3)C(=O)N=C2S1. The van der Waals surface area contributed by atoms with E-state index in [2.05, 4.69) is 10.1 Å². The number of benzene rings is 2. The predicted octanol–water partition coefficient (Wildman–Crippen LogP) is 3.00. The van der Waals surface area contributed by atoms with Crippen LogP contribution in [0, 0.1) is 12.3 Å². The Morgan fingerprint density at radius 1 is 1.17 bits per heavy atom. The van der Waals surface area contributed by atoms with E-state index in [1.165, 1.54) is 35.0 Å². The third-order valence-electron chi connectivity index (χ3n) is 4.25. The minimum Gasteiger partial charge on any atom is -0.383 e. The summed E-state index contributed by atoms with van der Waals surface area (Å²) in [5.41, 5.74) is 2.49. The third-order valence-corrected chi connectivity index (χ3v) is 5.68. The fourth-order valence-electron chi connectivity index (χ4n) is 2.91. The molecule has 0 aliphatic carbocycles. The molecular formula is C20H16N4O4S2. The van der Waals surface area contributed by atoms with Crippen molar-refractivity contribution in [3.8, 4) is 5.75 Å². The van der Waals surface area contributed by atoms with Gasteiger partial charge in [-0.1, -0.05) is 36.4 Å². The minimum atomic E-state index is -3.68. The summed E-state index contributed by atoms with van der Waals surface area (Å²) in [5, 5.41) is 15.3. The van der Waals surface area contributed by atoms with E-state index < -0.39 is 16.0 Å². The van der Waals surface area contributed by atoms with Crippen molar-refractivity contribution in [3.63, 3.8) is 0 Å². The second kappa shape index (κ2) is 7.54. The Balaban J connectivity index is 1.67. The lowest BCUT2D eigenvalue weighted by Crippen LogP contribution is -2.35. The smallest absolute Gasteiger partial charge is 0.306 e. The van der Waals surface area contributed by atoms with Gasteiger partial charge in [0.2, 0.25) is 5.17 Å². The molecule has 0 fully saturated rings. The third kappa shape index (κ3) is 4.05. The lowest BCUT2D eigenvalue weighted by Gasteiger charge is -2.20. The van der Waals surface area contributed by atoms with E-state index in [9.17, 15) is 13.2 Å². The summed E-state index contributed by atoms with van der Waals surface area (Å²) >= 11 is 1.24. The average Bonchev–Trinajstić information content (AvgIpc) is 3.08. The molecule has 30 heavy (non-hydrogen) atoms. The molecule has 2 heterocycles. The number of nitrogens with one attached hydrogen (secondary N) is 1. The molecule has 0 spiro atoms. The maximum absolute atomic E-state index is 12.6. The van der Waals surface area contributed by atoms with Crippen LogP contribution in [0.2, 0.25) is 0 Å². The number of fused-ring (bicyclic) bond motifs is 1. The number of amidine groups is 2. The molecule has 1 amide bonds. The van der Waals surface area contributed by atoms with E-state index in [0.29, 0.717) is 15.8 Å². The number of hydrogen-bond acceptors (Lipinski definition) is 7. The molecule has 2 aromatic rings. The van der Waals surface area contributed by atoms with Gasteiger partial charge in [-0.05, 0) is 48.0 Å². The molecule has 8 nitrogen and oxygen atoms in total. The second-order valence-corrected chi connectivity index (χ2v) is 9.13. The molecule has 2 aromatic carbocycles. The molecule has 0 aromatic heterocycles. The maximum Gasteiger partial charge on any atom is 0.306 e. The lowest BCUT2D eigenvalue weighted by molar-refractivity contribution is -0.114. The fourth-order valence-corrected chi connectivity index (χ4v) is 4.35. The van der Waals surface area contributed by atoms with Crippen molar-refractivity contribution < 1.29 is 17.4 Å². The zero-order valence-corrected chi connectivity index (χ0v) is 17.6. The summed E-state index contributed by atoms with van der Waals surface area (Å²) in [7, 11) is -3.68. The van der Waals surface area contributed by atoms with Gasteiger partial charge in [-0.3, -0.25) is 10.2 Å². The van der Waals surface area contributed by atoms with Crippen LogP contribution < -0.4 is 4.18 Å². The molecule has 0 unspecified atom stereocenters. The zero-order valence-electron chi connectivity index (χ0n) is 16.0. The van der Waals surface area contributed by atoms with Crippen molar-refractivity contribution in [2.45, 2.75) is 6.92 Å². The Kier molecular flexibility index (Phi) is 5.04. The number of aliphatic imine (C=N–C) groups is 1. The molecule has 0 saturated heterocycles. The Bertz CT molecular complexity index is 1280. The Hall–Kier alpha value is -3.24. The highest BCUT2D eigenvalue weighted by atomic mass is 32.2. The average molecular weight is 441 g/mol. The van der Waals surface area contributed by atoms with Crippen LogP contribution >= 0.6 is 11.8 Å². The number of rotatable bonds is 4. The highest BCUT2D eigenvalue weighted by Gasteiger charge is 2.36. The molecular weight excluding hydrogens is 424 g/mol. The van der Waals surface area contributed by atoms with Crippen LogP contribution in [-0.4, -0.2) is 41.6 Å². The van der Waals surface area contributed by atoms with Gasteiger partial charge in [0.1, 0.15) is 10.8 Å². The van der Waals surface area contributed by atoms with Gasteiger partial charge >= 0.3 is 10.1 Å². The van der Waals surface area contributed by atoms with Gasteiger partial charge in [0.25, 0.3) is 5.91 Å². The van der Waals surface area contributed by atoms with Crippen LogP contribution in [0.3, 0.4) is 0 Å². The van der Waals surface area contributed by atoms with Crippen LogP contribution in [0.4, 0.5) is 0 Å². The topological polar surface area (TPSA) is 112 Å². The minimum absolute atomic E-state index is 0.0469. The van der Waals surface area contributed by atoms with Crippen LogP contribution in [0.25, 0.3) is 6.08 Å². The Morgan fingerprint density at radius 2 is 1.93 bits per heavy atom. The summed E-state index contributed by atoms with van der Waals surface area (Å²) in [6, 6.07) is 13.9. The number of thioether (sulfide) groups is 1. The van der Waals surface area contributed by atoms with Gasteiger partial charge < -0.3 is 4.18 Å². The summed E-state index contributed by atoms with van der Waals surface area (Å²) in [6.07, 6.45) is 2.41. The van der Waals surface area contributed by atoms with Gasteiger partial charge in [-0.2, -0.15) is 23.5 Å². The summed E-state index contributed by atoms with van der Waals surface area (Å²) in [6.45, 7) is 1.96. The van der Waals surface area contributed by atoms with Crippen molar-refractivity contribution in [2.75, 3.05) is 6.26 Å². The largest absolute Gasteiger partial charge is 0.383 e.